The van der Waals surface area contributed by atoms with Gasteiger partial charge in [0.05, 0.1) is 0 Å². The fourth-order valence-corrected chi connectivity index (χ4v) is 6.35. The molecule has 3 atom stereocenters. The molecule has 210 valence electrons. The number of anilines is 1. The lowest BCUT2D eigenvalue weighted by Crippen LogP contribution is -2.73. The number of β-lactam (4-membered cyclic amide) rings is 1. The highest BCUT2D eigenvalue weighted by atomic mass is 32.2. The number of ether oxygens (including phenoxy) is 1. The summed E-state index contributed by atoms with van der Waals surface area (Å²) in [6.07, 6.45) is 0.933. The molecule has 0 bridgehead atoms. The zero-order chi connectivity index (χ0) is 29.0. The molecule has 0 aliphatic carbocycles. The van der Waals surface area contributed by atoms with E-state index in [0.717, 1.165) is 11.1 Å². The van der Waals surface area contributed by atoms with Crippen LogP contribution in [-0.2, 0) is 24.0 Å². The van der Waals surface area contributed by atoms with E-state index >= 15 is 0 Å². The van der Waals surface area contributed by atoms with E-state index in [1.54, 1.807) is 29.2 Å². The van der Waals surface area contributed by atoms with Crippen molar-refractivity contribution in [3.05, 3.63) is 108 Å². The minimum atomic E-state index is -1.12. The number of nitrogen functional groups attached to an aromatic ring is 1. The monoisotopic (exact) mass is 571 g/mol. The molecule has 3 heterocycles. The smallest absolute Gasteiger partial charge is 0.319 e. The third-order valence-corrected chi connectivity index (χ3v) is 8.58. The molecule has 2 amide bonds. The number of thioether (sulfide) groups is 1. The van der Waals surface area contributed by atoms with Crippen molar-refractivity contribution < 1.29 is 24.0 Å². The maximum absolute atomic E-state index is 13.7. The van der Waals surface area contributed by atoms with Crippen LogP contribution in [0.5, 0.6) is 0 Å². The van der Waals surface area contributed by atoms with Gasteiger partial charge in [0.15, 0.2) is 11.8 Å². The summed E-state index contributed by atoms with van der Waals surface area (Å²) in [4.78, 5) is 50.5. The van der Waals surface area contributed by atoms with E-state index < -0.39 is 29.4 Å². The van der Waals surface area contributed by atoms with Crippen LogP contribution in [0.25, 0.3) is 0 Å². The van der Waals surface area contributed by atoms with Gasteiger partial charge in [-0.05, 0) is 23.3 Å². The minimum Gasteiger partial charge on any atom is -0.452 e. The van der Waals surface area contributed by atoms with Crippen molar-refractivity contribution in [2.24, 2.45) is 10.6 Å². The zero-order valence-electron chi connectivity index (χ0n) is 22.3. The van der Waals surface area contributed by atoms with Crippen molar-refractivity contribution in [3.63, 3.8) is 0 Å². The number of fused-ring (bicyclic) bond motifs is 1. The number of hydrogen-bond acceptors (Lipinski definition) is 9. The number of nitrogens with two attached hydrogens (primary N) is 1. The number of benzene rings is 2. The lowest BCUT2D eigenvalue weighted by molar-refractivity contribution is -0.162. The van der Waals surface area contributed by atoms with Gasteiger partial charge in [-0.3, -0.25) is 14.4 Å². The highest BCUT2D eigenvalue weighted by Gasteiger charge is 2.57. The number of carbonyl (C=O) groups excluding carboxylic acids is 3. The van der Waals surface area contributed by atoms with E-state index in [-0.39, 0.29) is 35.0 Å². The van der Waals surface area contributed by atoms with Gasteiger partial charge in [0.25, 0.3) is 5.91 Å². The van der Waals surface area contributed by atoms with Gasteiger partial charge < -0.3 is 25.5 Å². The van der Waals surface area contributed by atoms with Crippen molar-refractivity contribution in [1.29, 1.82) is 0 Å². The average Bonchev–Trinajstić information content (AvgIpc) is 3.01. The number of nitrogens with one attached hydrogen (secondary N) is 1. The highest BCUT2D eigenvalue weighted by Crippen LogP contribution is 2.44. The second-order valence-corrected chi connectivity index (χ2v) is 10.8. The second-order valence-electron chi connectivity index (χ2n) is 9.66. The Hall–Kier alpha value is -4.64. The van der Waals surface area contributed by atoms with Gasteiger partial charge in [0.2, 0.25) is 5.91 Å². The first-order chi connectivity index (χ1) is 19.9. The molecule has 0 radical (unpaired) electrons. The lowest BCUT2D eigenvalue weighted by Gasteiger charge is -2.53. The van der Waals surface area contributed by atoms with Crippen LogP contribution in [0.3, 0.4) is 0 Å². The van der Waals surface area contributed by atoms with Crippen LogP contribution in [0.1, 0.15) is 22.9 Å². The van der Waals surface area contributed by atoms with Crippen LogP contribution in [0, 0.1) is 5.41 Å². The summed E-state index contributed by atoms with van der Waals surface area (Å²) in [6, 6.07) is 23.0. The van der Waals surface area contributed by atoms with Crippen molar-refractivity contribution in [2.75, 3.05) is 25.1 Å². The van der Waals surface area contributed by atoms with E-state index in [0.29, 0.717) is 5.75 Å². The number of pyridine rings is 1. The molecule has 10 nitrogen and oxygen atoms in total. The van der Waals surface area contributed by atoms with Crippen molar-refractivity contribution in [1.82, 2.24) is 15.2 Å². The van der Waals surface area contributed by atoms with Crippen molar-refractivity contribution in [2.45, 2.75) is 17.5 Å². The Labute approximate surface area is 241 Å². The molecule has 2 aliphatic heterocycles. The number of oxime groups is 1. The number of carbonyl (C=O) groups is 3. The van der Waals surface area contributed by atoms with Gasteiger partial charge in [0.1, 0.15) is 35.5 Å². The van der Waals surface area contributed by atoms with Crippen LogP contribution in [0.15, 0.2) is 96.7 Å². The van der Waals surface area contributed by atoms with Gasteiger partial charge in [-0.1, -0.05) is 78.0 Å². The molecular weight excluding hydrogens is 542 g/mol. The van der Waals surface area contributed by atoms with Crippen LogP contribution in [0.4, 0.5) is 5.82 Å². The first-order valence-corrected chi connectivity index (χ1v) is 13.9. The van der Waals surface area contributed by atoms with Crippen molar-refractivity contribution >= 4 is 41.1 Å². The summed E-state index contributed by atoms with van der Waals surface area (Å²) in [5, 5.41) is 6.16. The number of esters is 1. The van der Waals surface area contributed by atoms with E-state index in [4.69, 9.17) is 15.3 Å². The van der Waals surface area contributed by atoms with Gasteiger partial charge >= 0.3 is 5.97 Å². The molecule has 2 aromatic carbocycles. The Balaban J connectivity index is 1.30. The molecule has 2 saturated heterocycles. The summed E-state index contributed by atoms with van der Waals surface area (Å²) in [6.45, 7) is 4.01. The van der Waals surface area contributed by atoms with E-state index in [9.17, 15) is 14.4 Å². The maximum atomic E-state index is 13.7. The molecular formula is C30H29N5O5S. The number of amides is 2. The predicted molar refractivity (Wildman–Crippen MR) is 156 cm³/mol. The quantitative estimate of drug-likeness (QED) is 0.132. The minimum absolute atomic E-state index is 0.0876. The highest BCUT2D eigenvalue weighted by molar-refractivity contribution is 8.00. The molecule has 5 rings (SSSR count). The van der Waals surface area contributed by atoms with Crippen LogP contribution >= 0.6 is 11.8 Å². The largest absolute Gasteiger partial charge is 0.452 e. The first kappa shape index (κ1) is 27.9. The molecule has 3 N–H and O–H groups in total. The van der Waals surface area contributed by atoms with Gasteiger partial charge in [-0.2, -0.15) is 0 Å². The average molecular weight is 572 g/mol. The molecule has 2 unspecified atom stereocenters. The summed E-state index contributed by atoms with van der Waals surface area (Å²) in [5.74, 6) is -0.894. The van der Waals surface area contributed by atoms with Crippen LogP contribution < -0.4 is 11.1 Å². The Kier molecular flexibility index (Phi) is 8.06. The van der Waals surface area contributed by atoms with E-state index in [1.165, 1.54) is 18.9 Å². The number of aromatic nitrogens is 1. The molecule has 2 aliphatic rings. The van der Waals surface area contributed by atoms with Gasteiger partial charge in [0, 0.05) is 12.3 Å². The van der Waals surface area contributed by atoms with E-state index in [2.05, 4.69) is 22.0 Å². The van der Waals surface area contributed by atoms with Crippen LogP contribution in [-0.4, -0.2) is 64.2 Å². The number of rotatable bonds is 9. The molecule has 11 heteroatoms. The third-order valence-electron chi connectivity index (χ3n) is 7.03. The SMILES string of the molecule is C=CC1(C(=O)OC(c2ccccc2)c2ccccc2)CS[C@@H]2C(NC(=O)C(=NOC)c3cccc(N)n3)C(=O)N2C1. The Morgan fingerprint density at radius 2 is 1.78 bits per heavy atom. The molecule has 3 aromatic rings. The van der Waals surface area contributed by atoms with E-state index in [1.807, 2.05) is 60.7 Å². The molecule has 41 heavy (non-hydrogen) atoms. The summed E-state index contributed by atoms with van der Waals surface area (Å²) in [7, 11) is 1.31. The van der Waals surface area contributed by atoms with Gasteiger partial charge in [-0.15, -0.1) is 18.3 Å². The maximum Gasteiger partial charge on any atom is 0.319 e. The Morgan fingerprint density at radius 3 is 2.37 bits per heavy atom. The summed E-state index contributed by atoms with van der Waals surface area (Å²) < 4.78 is 6.13. The lowest BCUT2D eigenvalue weighted by atomic mass is 9.87. The molecule has 0 spiro atoms. The van der Waals surface area contributed by atoms with Crippen molar-refractivity contribution in [3.8, 4) is 0 Å². The Bertz CT molecular complexity index is 1450. The summed E-state index contributed by atoms with van der Waals surface area (Å²) >= 11 is 1.38. The third kappa shape index (κ3) is 5.53. The first-order valence-electron chi connectivity index (χ1n) is 12.9. The zero-order valence-corrected chi connectivity index (χ0v) is 23.1. The second kappa shape index (κ2) is 11.8. The molecule has 2 fully saturated rings. The fourth-order valence-electron chi connectivity index (χ4n) is 4.82. The topological polar surface area (TPSA) is 136 Å². The standard InChI is InChI=1S/C30H29N5O5S/c1-3-30(29(38)40-25(19-11-6-4-7-12-19)20-13-8-5-9-14-20)17-35-27(37)24(28(35)41-18-30)33-26(36)23(34-39-2)21-15-10-16-22(31)32-21/h3-16,24-25,28H,1,17-18H2,2H3,(H2,31,32)(H,33,36)/t24?,28-,30?/m1/s1. The van der Waals surface area contributed by atoms with Crippen LogP contribution in [0.2, 0.25) is 0 Å². The molecule has 0 saturated carbocycles. The number of nitrogens with zero attached hydrogens (tertiary/aromatic N) is 3. The summed E-state index contributed by atoms with van der Waals surface area (Å²) in [5.41, 5.74) is 6.40. The number of hydrogen-bond donors (Lipinski definition) is 2. The fraction of sp³-hybridized carbons (Fsp3) is 0.233. The Morgan fingerprint density at radius 1 is 1.12 bits per heavy atom. The predicted octanol–water partition coefficient (Wildman–Crippen LogP) is 2.92. The molecule has 1 aromatic heterocycles. The van der Waals surface area contributed by atoms with Gasteiger partial charge in [-0.25, -0.2) is 4.98 Å². The normalized spacial score (nSPS) is 21.9.